The summed E-state index contributed by atoms with van der Waals surface area (Å²) in [6, 6.07) is 7.83. The van der Waals surface area contributed by atoms with Gasteiger partial charge in [-0.05, 0) is 32.6 Å². The largest absolute Gasteiger partial charge is 0.461 e. The molecule has 0 saturated carbocycles. The van der Waals surface area contributed by atoms with E-state index in [0.717, 1.165) is 11.3 Å². The van der Waals surface area contributed by atoms with Crippen LogP contribution in [0.4, 0.5) is 0 Å². The number of benzene rings is 1. The van der Waals surface area contributed by atoms with Gasteiger partial charge in [-0.1, -0.05) is 29.8 Å². The summed E-state index contributed by atoms with van der Waals surface area (Å²) in [5.41, 5.74) is 2.78. The maximum absolute atomic E-state index is 12.2. The van der Waals surface area contributed by atoms with Crippen LogP contribution >= 0.6 is 11.6 Å². The van der Waals surface area contributed by atoms with Crippen molar-refractivity contribution in [2.45, 2.75) is 19.5 Å². The highest BCUT2D eigenvalue weighted by Crippen LogP contribution is 2.30. The lowest BCUT2D eigenvalue weighted by molar-refractivity contribution is 0.0520. The van der Waals surface area contributed by atoms with Crippen LogP contribution in [0.25, 0.3) is 11.3 Å². The molecule has 0 amide bonds. The van der Waals surface area contributed by atoms with E-state index in [1.54, 1.807) is 25.6 Å². The van der Waals surface area contributed by atoms with Gasteiger partial charge in [0.2, 0.25) is 0 Å². The number of aromatic nitrogens is 4. The molecule has 0 fully saturated rings. The van der Waals surface area contributed by atoms with Crippen molar-refractivity contribution in [3.8, 4) is 11.3 Å². The van der Waals surface area contributed by atoms with Gasteiger partial charge >= 0.3 is 5.97 Å². The number of nitrogens with zero attached hydrogens (tertiary/aromatic N) is 4. The molecule has 27 heavy (non-hydrogen) atoms. The van der Waals surface area contributed by atoms with Gasteiger partial charge in [0.15, 0.2) is 5.69 Å². The molecule has 3 rings (SSSR count). The summed E-state index contributed by atoms with van der Waals surface area (Å²) >= 11 is 6.42. The van der Waals surface area contributed by atoms with Crippen LogP contribution in [0.1, 0.15) is 29.0 Å². The number of hydrogen-bond donors (Lipinski definition) is 1. The number of carbonyl (C=O) groups excluding carboxylic acids is 1. The molecule has 0 saturated heterocycles. The Hall–Kier alpha value is -2.64. The molecule has 0 spiro atoms. The maximum atomic E-state index is 12.2. The van der Waals surface area contributed by atoms with E-state index in [1.807, 2.05) is 42.9 Å². The lowest BCUT2D eigenvalue weighted by Gasteiger charge is -2.26. The van der Waals surface area contributed by atoms with Gasteiger partial charge < -0.3 is 14.2 Å². The van der Waals surface area contributed by atoms with E-state index >= 15 is 0 Å². The minimum atomic E-state index is -0.437. The SMILES string of the molecule is CCOC(=O)c1[nH]ncc1-c1cncn1C[C@@H](c1ccccc1Cl)N(C)C. The molecule has 1 atom stereocenters. The van der Waals surface area contributed by atoms with Gasteiger partial charge in [0.25, 0.3) is 0 Å². The van der Waals surface area contributed by atoms with Gasteiger partial charge in [-0.2, -0.15) is 5.10 Å². The van der Waals surface area contributed by atoms with Crippen LogP contribution in [0, 0.1) is 0 Å². The Balaban J connectivity index is 1.95. The third-order valence-electron chi connectivity index (χ3n) is 4.36. The average Bonchev–Trinajstić information content (AvgIpc) is 3.29. The molecule has 0 aliphatic heterocycles. The second-order valence-electron chi connectivity index (χ2n) is 6.31. The third-order valence-corrected chi connectivity index (χ3v) is 4.71. The smallest absolute Gasteiger partial charge is 0.357 e. The lowest BCUT2D eigenvalue weighted by atomic mass is 10.1. The van der Waals surface area contributed by atoms with Gasteiger partial charge in [0.05, 0.1) is 42.6 Å². The number of hydrogen-bond acceptors (Lipinski definition) is 5. The molecule has 1 N–H and O–H groups in total. The number of nitrogens with one attached hydrogen (secondary N) is 1. The van der Waals surface area contributed by atoms with Crippen LogP contribution in [0.15, 0.2) is 43.0 Å². The first-order valence-electron chi connectivity index (χ1n) is 8.64. The molecular formula is C19H22ClN5O2. The van der Waals surface area contributed by atoms with Gasteiger partial charge in [-0.3, -0.25) is 5.10 Å². The highest BCUT2D eigenvalue weighted by atomic mass is 35.5. The van der Waals surface area contributed by atoms with Crippen LogP contribution < -0.4 is 0 Å². The fraction of sp³-hybridized carbons (Fsp3) is 0.316. The molecule has 2 aromatic heterocycles. The van der Waals surface area contributed by atoms with Crippen LogP contribution in [0.2, 0.25) is 5.02 Å². The Labute approximate surface area is 162 Å². The third kappa shape index (κ3) is 4.04. The average molecular weight is 388 g/mol. The summed E-state index contributed by atoms with van der Waals surface area (Å²) in [6.45, 7) is 2.68. The molecule has 142 valence electrons. The molecule has 3 aromatic rings. The van der Waals surface area contributed by atoms with Crippen molar-refractivity contribution in [3.05, 3.63) is 59.3 Å². The number of esters is 1. The summed E-state index contributed by atoms with van der Waals surface area (Å²) < 4.78 is 7.09. The van der Waals surface area contributed by atoms with Crippen molar-refractivity contribution in [1.82, 2.24) is 24.6 Å². The summed E-state index contributed by atoms with van der Waals surface area (Å²) in [5, 5.41) is 7.45. The van der Waals surface area contributed by atoms with Crippen LogP contribution in [-0.2, 0) is 11.3 Å². The zero-order chi connectivity index (χ0) is 19.4. The van der Waals surface area contributed by atoms with Crippen molar-refractivity contribution in [2.75, 3.05) is 20.7 Å². The van der Waals surface area contributed by atoms with Gasteiger partial charge in [0, 0.05) is 11.6 Å². The highest BCUT2D eigenvalue weighted by Gasteiger charge is 2.22. The van der Waals surface area contributed by atoms with Gasteiger partial charge in [0.1, 0.15) is 0 Å². The monoisotopic (exact) mass is 387 g/mol. The van der Waals surface area contributed by atoms with Gasteiger partial charge in [-0.15, -0.1) is 0 Å². The lowest BCUT2D eigenvalue weighted by Crippen LogP contribution is -2.25. The summed E-state index contributed by atoms with van der Waals surface area (Å²) in [6.07, 6.45) is 5.07. The minimum absolute atomic E-state index is 0.0320. The molecule has 1 aromatic carbocycles. The van der Waals surface area contributed by atoms with Crippen LogP contribution in [0.3, 0.4) is 0 Å². The number of halogens is 1. The molecule has 7 nitrogen and oxygen atoms in total. The minimum Gasteiger partial charge on any atom is -0.461 e. The normalized spacial score (nSPS) is 12.3. The second-order valence-corrected chi connectivity index (χ2v) is 6.72. The molecule has 2 heterocycles. The van der Waals surface area contributed by atoms with Crippen molar-refractivity contribution in [1.29, 1.82) is 0 Å². The molecule has 0 radical (unpaired) electrons. The predicted molar refractivity (Wildman–Crippen MR) is 104 cm³/mol. The number of aromatic amines is 1. The van der Waals surface area contributed by atoms with Crippen molar-refractivity contribution >= 4 is 17.6 Å². The number of imidazole rings is 1. The molecule has 0 unspecified atom stereocenters. The highest BCUT2D eigenvalue weighted by molar-refractivity contribution is 6.31. The summed E-state index contributed by atoms with van der Waals surface area (Å²) in [4.78, 5) is 18.6. The molecule has 0 bridgehead atoms. The van der Waals surface area contributed by atoms with E-state index in [0.29, 0.717) is 29.4 Å². The number of carbonyl (C=O) groups is 1. The van der Waals surface area contributed by atoms with E-state index in [9.17, 15) is 4.79 Å². The zero-order valence-electron chi connectivity index (χ0n) is 15.5. The van der Waals surface area contributed by atoms with E-state index < -0.39 is 5.97 Å². The van der Waals surface area contributed by atoms with E-state index in [-0.39, 0.29) is 6.04 Å². The Morgan fingerprint density at radius 3 is 2.81 bits per heavy atom. The summed E-state index contributed by atoms with van der Waals surface area (Å²) in [7, 11) is 4.01. The van der Waals surface area contributed by atoms with Crippen molar-refractivity contribution in [2.24, 2.45) is 0 Å². The zero-order valence-corrected chi connectivity index (χ0v) is 16.3. The number of likely N-dealkylation sites (N-methyl/N-ethyl adjacent to an activating group) is 1. The molecular weight excluding hydrogens is 366 g/mol. The first kappa shape index (κ1) is 19.1. The molecule has 8 heteroatoms. The number of rotatable bonds is 7. The van der Waals surface area contributed by atoms with E-state index in [4.69, 9.17) is 16.3 Å². The predicted octanol–water partition coefficient (Wildman–Crippen LogP) is 3.41. The quantitative estimate of drug-likeness (QED) is 0.629. The maximum Gasteiger partial charge on any atom is 0.357 e. The van der Waals surface area contributed by atoms with Crippen LogP contribution in [0.5, 0.6) is 0 Å². The second kappa shape index (κ2) is 8.37. The Morgan fingerprint density at radius 2 is 2.11 bits per heavy atom. The Kier molecular flexibility index (Phi) is 5.93. The van der Waals surface area contributed by atoms with Crippen molar-refractivity contribution in [3.63, 3.8) is 0 Å². The fourth-order valence-electron chi connectivity index (χ4n) is 3.00. The Morgan fingerprint density at radius 1 is 1.33 bits per heavy atom. The summed E-state index contributed by atoms with van der Waals surface area (Å²) in [5.74, 6) is -0.437. The van der Waals surface area contributed by atoms with E-state index in [2.05, 4.69) is 20.1 Å². The van der Waals surface area contributed by atoms with Crippen LogP contribution in [-0.4, -0.2) is 51.3 Å². The molecule has 0 aliphatic rings. The first-order chi connectivity index (χ1) is 13.0. The fourth-order valence-corrected chi connectivity index (χ4v) is 3.26. The van der Waals surface area contributed by atoms with Gasteiger partial charge in [-0.25, -0.2) is 9.78 Å². The first-order valence-corrected chi connectivity index (χ1v) is 9.02. The van der Waals surface area contributed by atoms with Crippen molar-refractivity contribution < 1.29 is 9.53 Å². The Bertz CT molecular complexity index is 918. The number of H-pyrrole nitrogens is 1. The number of ether oxygens (including phenoxy) is 1. The standard InChI is InChI=1S/C19H22ClN5O2/c1-4-27-19(26)18-14(9-22-23-18)16-10-21-12-25(16)11-17(24(2)3)13-7-5-6-8-15(13)20/h5-10,12,17H,4,11H2,1-3H3,(H,22,23)/t17-/m0/s1. The topological polar surface area (TPSA) is 76.0 Å². The van der Waals surface area contributed by atoms with E-state index in [1.165, 1.54) is 0 Å². The molecule has 0 aliphatic carbocycles.